The minimum atomic E-state index is -0.484. The lowest BCUT2D eigenvalue weighted by molar-refractivity contribution is -0.170. The van der Waals surface area contributed by atoms with Gasteiger partial charge in [-0.05, 0) is 30.7 Å². The van der Waals surface area contributed by atoms with E-state index in [9.17, 15) is 14.0 Å². The molecule has 2 aliphatic heterocycles. The third-order valence-corrected chi connectivity index (χ3v) is 5.90. The van der Waals surface area contributed by atoms with Crippen LogP contribution in [0.3, 0.4) is 0 Å². The summed E-state index contributed by atoms with van der Waals surface area (Å²) in [6.45, 7) is 2.58. The molecule has 2 amide bonds. The fourth-order valence-corrected chi connectivity index (χ4v) is 3.92. The summed E-state index contributed by atoms with van der Waals surface area (Å²) in [6.07, 6.45) is -0.912. The first kappa shape index (κ1) is 26.9. The second kappa shape index (κ2) is 12.4. The quantitative estimate of drug-likeness (QED) is 0.489. The molecule has 1 saturated heterocycles. The van der Waals surface area contributed by atoms with Crippen LogP contribution >= 0.6 is 0 Å². The fourth-order valence-electron chi connectivity index (χ4n) is 3.92. The summed E-state index contributed by atoms with van der Waals surface area (Å²) in [5.41, 5.74) is 1.84. The molecule has 3 heterocycles. The van der Waals surface area contributed by atoms with E-state index in [4.69, 9.17) is 24.3 Å². The molecular weight excluding hydrogens is 499 g/mol. The number of carbonyl (C=O) groups excluding carboxylic acids is 2. The SMILES string of the molecule is COc1cc(CNC(=O)c2cc(C3=NOC(C4COC(CNC(=O)CC#N)CO4)C3)nc(C)n2)ccc1F. The Hall–Kier alpha value is -4.15. The second-order valence-corrected chi connectivity index (χ2v) is 8.69. The van der Waals surface area contributed by atoms with E-state index in [1.165, 1.54) is 25.3 Å². The summed E-state index contributed by atoms with van der Waals surface area (Å²) in [5.74, 6) is -0.786. The molecule has 0 saturated carbocycles. The van der Waals surface area contributed by atoms with E-state index in [1.54, 1.807) is 19.1 Å². The molecule has 4 rings (SSSR count). The van der Waals surface area contributed by atoms with Crippen LogP contribution in [-0.2, 0) is 25.7 Å². The van der Waals surface area contributed by atoms with Gasteiger partial charge in [-0.15, -0.1) is 0 Å². The number of aromatic nitrogens is 2. The molecule has 200 valence electrons. The summed E-state index contributed by atoms with van der Waals surface area (Å²) >= 11 is 0. The number of carbonyl (C=O) groups is 2. The van der Waals surface area contributed by atoms with E-state index in [-0.39, 0.29) is 62.3 Å². The Morgan fingerprint density at radius 2 is 2.03 bits per heavy atom. The van der Waals surface area contributed by atoms with Crippen molar-refractivity contribution in [2.45, 2.75) is 44.6 Å². The number of amides is 2. The minimum absolute atomic E-state index is 0.0935. The van der Waals surface area contributed by atoms with Gasteiger partial charge in [0.05, 0.1) is 38.2 Å². The van der Waals surface area contributed by atoms with Crippen LogP contribution in [-0.4, -0.2) is 72.7 Å². The molecule has 13 heteroatoms. The van der Waals surface area contributed by atoms with Crippen LogP contribution in [0.2, 0.25) is 0 Å². The summed E-state index contributed by atoms with van der Waals surface area (Å²) in [6, 6.07) is 7.68. The number of methoxy groups -OCH3 is 1. The number of benzene rings is 1. The number of aryl methyl sites for hydroxylation is 1. The molecule has 1 fully saturated rings. The van der Waals surface area contributed by atoms with Gasteiger partial charge in [0.15, 0.2) is 17.7 Å². The van der Waals surface area contributed by atoms with Crippen molar-refractivity contribution in [1.82, 2.24) is 20.6 Å². The van der Waals surface area contributed by atoms with E-state index < -0.39 is 17.8 Å². The Bertz CT molecular complexity index is 1260. The van der Waals surface area contributed by atoms with Gasteiger partial charge < -0.3 is 29.7 Å². The molecule has 0 radical (unpaired) electrons. The van der Waals surface area contributed by atoms with Gasteiger partial charge in [-0.25, -0.2) is 14.4 Å². The number of oxime groups is 1. The first-order valence-corrected chi connectivity index (χ1v) is 11.9. The summed E-state index contributed by atoms with van der Waals surface area (Å²) < 4.78 is 30.2. The maximum Gasteiger partial charge on any atom is 0.270 e. The van der Waals surface area contributed by atoms with Crippen LogP contribution in [0, 0.1) is 24.1 Å². The van der Waals surface area contributed by atoms with Crippen molar-refractivity contribution < 1.29 is 33.0 Å². The maximum absolute atomic E-state index is 13.6. The second-order valence-electron chi connectivity index (χ2n) is 8.69. The van der Waals surface area contributed by atoms with Gasteiger partial charge in [-0.3, -0.25) is 9.59 Å². The van der Waals surface area contributed by atoms with Crippen molar-refractivity contribution in [3.05, 3.63) is 52.9 Å². The molecule has 3 atom stereocenters. The Morgan fingerprint density at radius 3 is 2.76 bits per heavy atom. The van der Waals surface area contributed by atoms with Crippen LogP contribution in [0.1, 0.15) is 40.4 Å². The predicted molar refractivity (Wildman–Crippen MR) is 130 cm³/mol. The highest BCUT2D eigenvalue weighted by Crippen LogP contribution is 2.23. The molecule has 1 aromatic carbocycles. The highest BCUT2D eigenvalue weighted by molar-refractivity contribution is 6.02. The topological polar surface area (TPSA) is 157 Å². The molecule has 12 nitrogen and oxygen atoms in total. The van der Waals surface area contributed by atoms with Crippen molar-refractivity contribution in [3.63, 3.8) is 0 Å². The van der Waals surface area contributed by atoms with Gasteiger partial charge in [0, 0.05) is 19.5 Å². The predicted octanol–water partition coefficient (Wildman–Crippen LogP) is 1.17. The summed E-state index contributed by atoms with van der Waals surface area (Å²) in [4.78, 5) is 38.4. The number of nitriles is 1. The first-order valence-electron chi connectivity index (χ1n) is 11.9. The maximum atomic E-state index is 13.6. The van der Waals surface area contributed by atoms with E-state index in [1.807, 2.05) is 0 Å². The lowest BCUT2D eigenvalue weighted by Gasteiger charge is -2.31. The molecule has 2 aromatic rings. The number of nitrogens with one attached hydrogen (secondary N) is 2. The van der Waals surface area contributed by atoms with Gasteiger partial charge in [-0.2, -0.15) is 5.26 Å². The van der Waals surface area contributed by atoms with E-state index in [0.29, 0.717) is 29.2 Å². The standard InChI is InChI=1S/C25H27FN6O6/c1-14-30-18(8-20(31-14)25(34)29-10-15-3-4-17(26)21(7-15)35-2)19-9-22(38-32-19)23-13-36-16(12-37-23)11-28-24(33)5-6-27/h3-4,7-8,16,22-23H,5,9-13H2,1-2H3,(H,28,33)(H,29,34). The van der Waals surface area contributed by atoms with Gasteiger partial charge in [-0.1, -0.05) is 11.2 Å². The van der Waals surface area contributed by atoms with E-state index in [2.05, 4.69) is 25.8 Å². The molecule has 0 spiro atoms. The zero-order valence-electron chi connectivity index (χ0n) is 20.9. The largest absolute Gasteiger partial charge is 0.494 e. The number of ether oxygens (including phenoxy) is 3. The van der Waals surface area contributed by atoms with Crippen LogP contribution in [0.25, 0.3) is 0 Å². The zero-order chi connectivity index (χ0) is 27.1. The average Bonchev–Trinajstić information content (AvgIpc) is 3.42. The van der Waals surface area contributed by atoms with Crippen molar-refractivity contribution in [3.8, 4) is 11.8 Å². The zero-order valence-corrected chi connectivity index (χ0v) is 20.9. The third kappa shape index (κ3) is 6.78. The van der Waals surface area contributed by atoms with Gasteiger partial charge >= 0.3 is 0 Å². The average molecular weight is 527 g/mol. The fraction of sp³-hybridized carbons (Fsp3) is 0.440. The summed E-state index contributed by atoms with van der Waals surface area (Å²) in [7, 11) is 1.37. The van der Waals surface area contributed by atoms with Gasteiger partial charge in [0.2, 0.25) is 5.91 Å². The first-order chi connectivity index (χ1) is 18.4. The number of hydrogen-bond donors (Lipinski definition) is 2. The Morgan fingerprint density at radius 1 is 1.18 bits per heavy atom. The monoisotopic (exact) mass is 526 g/mol. The van der Waals surface area contributed by atoms with Crippen molar-refractivity contribution in [2.24, 2.45) is 5.16 Å². The third-order valence-electron chi connectivity index (χ3n) is 5.90. The number of halogens is 1. The van der Waals surface area contributed by atoms with Crippen molar-refractivity contribution in [1.29, 1.82) is 5.26 Å². The molecule has 2 N–H and O–H groups in total. The molecule has 38 heavy (non-hydrogen) atoms. The molecule has 0 bridgehead atoms. The van der Waals surface area contributed by atoms with Crippen LogP contribution < -0.4 is 15.4 Å². The van der Waals surface area contributed by atoms with Crippen molar-refractivity contribution in [2.75, 3.05) is 26.9 Å². The molecule has 1 aromatic heterocycles. The van der Waals surface area contributed by atoms with Crippen LogP contribution in [0.5, 0.6) is 5.75 Å². The highest BCUT2D eigenvalue weighted by atomic mass is 19.1. The lowest BCUT2D eigenvalue weighted by Crippen LogP contribution is -2.46. The highest BCUT2D eigenvalue weighted by Gasteiger charge is 2.35. The number of hydrogen-bond acceptors (Lipinski definition) is 10. The van der Waals surface area contributed by atoms with Crippen LogP contribution in [0.15, 0.2) is 29.4 Å². The van der Waals surface area contributed by atoms with Gasteiger partial charge in [0.1, 0.15) is 29.8 Å². The lowest BCUT2D eigenvalue weighted by atomic mass is 10.0. The number of nitrogens with zero attached hydrogens (tertiary/aromatic N) is 4. The Labute approximate surface area is 218 Å². The molecular formula is C25H27FN6O6. The van der Waals surface area contributed by atoms with E-state index >= 15 is 0 Å². The normalized spacial score (nSPS) is 20.6. The van der Waals surface area contributed by atoms with Gasteiger partial charge in [0.25, 0.3) is 5.91 Å². The van der Waals surface area contributed by atoms with Crippen molar-refractivity contribution >= 4 is 17.5 Å². The molecule has 2 aliphatic rings. The Balaban J connectivity index is 1.30. The Kier molecular flexibility index (Phi) is 8.77. The smallest absolute Gasteiger partial charge is 0.270 e. The summed E-state index contributed by atoms with van der Waals surface area (Å²) in [5, 5.41) is 18.1. The number of rotatable bonds is 9. The minimum Gasteiger partial charge on any atom is -0.494 e. The molecule has 3 unspecified atom stereocenters. The van der Waals surface area contributed by atoms with E-state index in [0.717, 1.165) is 0 Å². The molecule has 0 aliphatic carbocycles. The van der Waals surface area contributed by atoms with Crippen LogP contribution in [0.4, 0.5) is 4.39 Å².